The van der Waals surface area contributed by atoms with Gasteiger partial charge in [-0.05, 0) is 25.0 Å². The average molecular weight is 404 g/mol. The fourth-order valence-electron chi connectivity index (χ4n) is 3.06. The Morgan fingerprint density at radius 3 is 2.64 bits per heavy atom. The number of carbonyl (C=O) groups excluding carboxylic acids is 3. The standard InChI is InChI=1S/C20H25N3O4S/c1-23(16-8-3-2-4-9-16)19(25)13-28-14-20(26)27-12-18(24)22-17-10-6-5-7-15(17)11-21/h5-7,10,16H,2-4,8-9,12-14H2,1H3,(H,22,24). The van der Waals surface area contributed by atoms with E-state index in [0.717, 1.165) is 25.7 Å². The summed E-state index contributed by atoms with van der Waals surface area (Å²) in [5, 5.41) is 11.5. The molecule has 1 saturated carbocycles. The van der Waals surface area contributed by atoms with Crippen LogP contribution >= 0.6 is 11.8 Å². The highest BCUT2D eigenvalue weighted by molar-refractivity contribution is 8.00. The molecule has 0 bridgehead atoms. The molecule has 0 spiro atoms. The van der Waals surface area contributed by atoms with E-state index in [1.807, 2.05) is 13.1 Å². The van der Waals surface area contributed by atoms with E-state index in [1.165, 1.54) is 18.2 Å². The maximum Gasteiger partial charge on any atom is 0.316 e. The highest BCUT2D eigenvalue weighted by Gasteiger charge is 2.22. The monoisotopic (exact) mass is 403 g/mol. The molecule has 0 atom stereocenters. The maximum absolute atomic E-state index is 12.2. The van der Waals surface area contributed by atoms with Gasteiger partial charge < -0.3 is 15.0 Å². The Labute approximate surface area is 169 Å². The number of amides is 2. The number of thioether (sulfide) groups is 1. The highest BCUT2D eigenvalue weighted by Crippen LogP contribution is 2.22. The summed E-state index contributed by atoms with van der Waals surface area (Å²) >= 11 is 1.18. The van der Waals surface area contributed by atoms with Gasteiger partial charge in [0.2, 0.25) is 5.91 Å². The molecule has 0 radical (unpaired) electrons. The number of ether oxygens (including phenoxy) is 1. The van der Waals surface area contributed by atoms with E-state index in [2.05, 4.69) is 5.32 Å². The molecule has 0 unspecified atom stereocenters. The molecule has 150 valence electrons. The van der Waals surface area contributed by atoms with Crippen LogP contribution in [0.1, 0.15) is 37.7 Å². The number of hydrogen-bond donors (Lipinski definition) is 1. The Morgan fingerprint density at radius 1 is 1.21 bits per heavy atom. The zero-order valence-electron chi connectivity index (χ0n) is 16.0. The molecule has 2 amide bonds. The van der Waals surface area contributed by atoms with Gasteiger partial charge in [-0.3, -0.25) is 14.4 Å². The second kappa shape index (κ2) is 11.3. The van der Waals surface area contributed by atoms with Crippen LogP contribution in [0, 0.1) is 11.3 Å². The summed E-state index contributed by atoms with van der Waals surface area (Å²) in [6.45, 7) is -0.435. The van der Waals surface area contributed by atoms with Gasteiger partial charge in [-0.2, -0.15) is 5.26 Å². The molecule has 28 heavy (non-hydrogen) atoms. The van der Waals surface area contributed by atoms with Gasteiger partial charge in [0.25, 0.3) is 5.91 Å². The Bertz CT molecular complexity index is 741. The lowest BCUT2D eigenvalue weighted by atomic mass is 9.94. The van der Waals surface area contributed by atoms with Crippen molar-refractivity contribution >= 4 is 35.2 Å². The molecule has 7 nitrogen and oxygen atoms in total. The molecule has 2 rings (SSSR count). The van der Waals surface area contributed by atoms with E-state index in [1.54, 1.807) is 29.2 Å². The number of hydrogen-bond acceptors (Lipinski definition) is 6. The largest absolute Gasteiger partial charge is 0.455 e. The molecule has 1 N–H and O–H groups in total. The highest BCUT2D eigenvalue weighted by atomic mass is 32.2. The number of nitrogens with zero attached hydrogens (tertiary/aromatic N) is 2. The minimum atomic E-state index is -0.554. The van der Waals surface area contributed by atoms with E-state index < -0.39 is 18.5 Å². The number of para-hydroxylation sites is 1. The summed E-state index contributed by atoms with van der Waals surface area (Å²) < 4.78 is 4.93. The van der Waals surface area contributed by atoms with Crippen LogP contribution in [0.15, 0.2) is 24.3 Å². The van der Waals surface area contributed by atoms with Crippen molar-refractivity contribution in [2.75, 3.05) is 30.5 Å². The van der Waals surface area contributed by atoms with Gasteiger partial charge in [0.05, 0.1) is 22.8 Å². The van der Waals surface area contributed by atoms with Gasteiger partial charge in [-0.15, -0.1) is 11.8 Å². The smallest absolute Gasteiger partial charge is 0.316 e. The Hall–Kier alpha value is -2.53. The summed E-state index contributed by atoms with van der Waals surface area (Å²) in [5.41, 5.74) is 0.704. The van der Waals surface area contributed by atoms with Crippen molar-refractivity contribution in [3.8, 4) is 6.07 Å². The van der Waals surface area contributed by atoms with Crippen molar-refractivity contribution in [3.05, 3.63) is 29.8 Å². The number of anilines is 1. The van der Waals surface area contributed by atoms with Crippen molar-refractivity contribution in [3.63, 3.8) is 0 Å². The number of esters is 1. The van der Waals surface area contributed by atoms with Gasteiger partial charge in [-0.1, -0.05) is 31.4 Å². The lowest BCUT2D eigenvalue weighted by Crippen LogP contribution is -2.39. The van der Waals surface area contributed by atoms with Crippen LogP contribution in [-0.2, 0) is 19.1 Å². The van der Waals surface area contributed by atoms with Crippen LogP contribution < -0.4 is 5.32 Å². The van der Waals surface area contributed by atoms with Gasteiger partial charge in [0.1, 0.15) is 6.07 Å². The third-order valence-corrected chi connectivity index (χ3v) is 5.54. The fourth-order valence-corrected chi connectivity index (χ4v) is 3.79. The zero-order valence-corrected chi connectivity index (χ0v) is 16.8. The SMILES string of the molecule is CN(C(=O)CSCC(=O)OCC(=O)Nc1ccccc1C#N)C1CCCCC1. The van der Waals surface area contributed by atoms with Gasteiger partial charge in [-0.25, -0.2) is 0 Å². The first kappa shape index (κ1) is 21.8. The van der Waals surface area contributed by atoms with Crippen LogP contribution in [0.4, 0.5) is 5.69 Å². The molecular formula is C20H25N3O4S. The summed E-state index contributed by atoms with van der Waals surface area (Å²) in [6, 6.07) is 8.85. The first-order chi connectivity index (χ1) is 13.5. The summed E-state index contributed by atoms with van der Waals surface area (Å²) in [4.78, 5) is 37.6. The lowest BCUT2D eigenvalue weighted by molar-refractivity contribution is -0.144. The predicted molar refractivity (Wildman–Crippen MR) is 108 cm³/mol. The topological polar surface area (TPSA) is 99.5 Å². The third kappa shape index (κ3) is 6.89. The molecule has 0 heterocycles. The normalized spacial score (nSPS) is 14.0. The number of carbonyl (C=O) groups is 3. The number of benzene rings is 1. The Morgan fingerprint density at radius 2 is 1.93 bits per heavy atom. The van der Waals surface area contributed by atoms with Crippen LogP contribution in [-0.4, -0.2) is 53.9 Å². The van der Waals surface area contributed by atoms with Crippen molar-refractivity contribution in [2.45, 2.75) is 38.1 Å². The van der Waals surface area contributed by atoms with Gasteiger partial charge in [0, 0.05) is 13.1 Å². The quantitative estimate of drug-likeness (QED) is 0.670. The molecule has 0 aromatic heterocycles. The molecule has 1 aliphatic carbocycles. The second-order valence-electron chi connectivity index (χ2n) is 6.66. The van der Waals surface area contributed by atoms with Crippen molar-refractivity contribution in [1.82, 2.24) is 4.90 Å². The predicted octanol–water partition coefficient (Wildman–Crippen LogP) is 2.56. The minimum absolute atomic E-state index is 0.00626. The van der Waals surface area contributed by atoms with E-state index in [0.29, 0.717) is 17.3 Å². The van der Waals surface area contributed by atoms with Crippen LogP contribution in [0.5, 0.6) is 0 Å². The molecule has 1 aromatic rings. The Kier molecular flexibility index (Phi) is 8.82. The van der Waals surface area contributed by atoms with Crippen molar-refractivity contribution in [1.29, 1.82) is 5.26 Å². The zero-order chi connectivity index (χ0) is 20.4. The molecule has 1 aliphatic rings. The van der Waals surface area contributed by atoms with Crippen molar-refractivity contribution < 1.29 is 19.1 Å². The second-order valence-corrected chi connectivity index (χ2v) is 7.64. The first-order valence-corrected chi connectivity index (χ1v) is 10.4. The van der Waals surface area contributed by atoms with Crippen LogP contribution in [0.3, 0.4) is 0 Å². The Balaban J connectivity index is 1.65. The minimum Gasteiger partial charge on any atom is -0.455 e. The first-order valence-electron chi connectivity index (χ1n) is 9.29. The molecular weight excluding hydrogens is 378 g/mol. The molecule has 0 saturated heterocycles. The van der Waals surface area contributed by atoms with Gasteiger partial charge in [0.15, 0.2) is 6.61 Å². The van der Waals surface area contributed by atoms with Gasteiger partial charge >= 0.3 is 5.97 Å². The molecule has 1 fully saturated rings. The van der Waals surface area contributed by atoms with Crippen molar-refractivity contribution in [2.24, 2.45) is 0 Å². The van der Waals surface area contributed by atoms with Crippen LogP contribution in [0.25, 0.3) is 0 Å². The summed E-state index contributed by atoms with van der Waals surface area (Å²) in [7, 11) is 1.82. The third-order valence-electron chi connectivity index (χ3n) is 4.65. The molecule has 8 heteroatoms. The maximum atomic E-state index is 12.2. The van der Waals surface area contributed by atoms with E-state index in [9.17, 15) is 14.4 Å². The van der Waals surface area contributed by atoms with E-state index >= 15 is 0 Å². The number of nitrogens with one attached hydrogen (secondary N) is 1. The fraction of sp³-hybridized carbons (Fsp3) is 0.500. The summed E-state index contributed by atoms with van der Waals surface area (Å²) in [5.74, 6) is -0.845. The lowest BCUT2D eigenvalue weighted by Gasteiger charge is -2.31. The van der Waals surface area contributed by atoms with E-state index in [-0.39, 0.29) is 17.4 Å². The van der Waals surface area contributed by atoms with Crippen LogP contribution in [0.2, 0.25) is 0 Å². The molecule has 1 aromatic carbocycles. The summed E-state index contributed by atoms with van der Waals surface area (Å²) in [6.07, 6.45) is 5.62. The number of nitriles is 1. The molecule has 0 aliphatic heterocycles. The van der Waals surface area contributed by atoms with E-state index in [4.69, 9.17) is 10.00 Å². The average Bonchev–Trinajstić information content (AvgIpc) is 2.72. The number of rotatable bonds is 8.